The predicted octanol–water partition coefficient (Wildman–Crippen LogP) is 2.79. The first-order valence-corrected chi connectivity index (χ1v) is 11.3. The summed E-state index contributed by atoms with van der Waals surface area (Å²) < 4.78 is 77.5. The molecule has 0 unspecified atom stereocenters. The van der Waals surface area contributed by atoms with Gasteiger partial charge in [0.25, 0.3) is 0 Å². The number of nitrogens with zero attached hydrogens (tertiary/aromatic N) is 3. The van der Waals surface area contributed by atoms with Gasteiger partial charge < -0.3 is 25.1 Å². The van der Waals surface area contributed by atoms with E-state index in [1.807, 2.05) is 0 Å². The van der Waals surface area contributed by atoms with Crippen molar-refractivity contribution in [3.8, 4) is 5.75 Å². The minimum absolute atomic E-state index is 0.00971. The highest BCUT2D eigenvalue weighted by molar-refractivity contribution is 7.89. The lowest BCUT2D eigenvalue weighted by atomic mass is 10.2. The number of halogens is 3. The number of fused-ring (bicyclic) bond motifs is 1. The van der Waals surface area contributed by atoms with Crippen LogP contribution in [0.25, 0.3) is 11.0 Å². The van der Waals surface area contributed by atoms with Crippen LogP contribution in [-0.2, 0) is 20.9 Å². The maximum atomic E-state index is 13.3. The Morgan fingerprint density at radius 2 is 1.94 bits per heavy atom. The van der Waals surface area contributed by atoms with E-state index in [2.05, 4.69) is 25.6 Å². The highest BCUT2D eigenvalue weighted by Gasteiger charge is 2.35. The van der Waals surface area contributed by atoms with Gasteiger partial charge >= 0.3 is 6.18 Å². The van der Waals surface area contributed by atoms with Crippen molar-refractivity contribution in [1.29, 1.82) is 0 Å². The maximum Gasteiger partial charge on any atom is 0.418 e. The van der Waals surface area contributed by atoms with E-state index >= 15 is 0 Å². The highest BCUT2D eigenvalue weighted by Crippen LogP contribution is 2.38. The number of rotatable bonds is 6. The molecule has 1 aromatic carbocycles. The fraction of sp³-hybridized carbons (Fsp3) is 0.368. The van der Waals surface area contributed by atoms with Gasteiger partial charge in [-0.05, 0) is 12.1 Å². The Morgan fingerprint density at radius 1 is 1.21 bits per heavy atom. The molecule has 1 fully saturated rings. The molecule has 4 rings (SSSR count). The average molecular weight is 486 g/mol. The molecule has 14 heteroatoms. The molecule has 0 radical (unpaired) electrons. The standard InChI is InChI=1S/C19H21F3N6O4S/c1-23-16-15-12(19(20,21)22)10-24-17(15)27-18(26-16)25-13-4-3-11(9-14(13)31-2)33(29,30)28-5-7-32-8-6-28/h3-4,9-10H,5-8H2,1-2H3,(H3,23,24,25,26,27). The largest absolute Gasteiger partial charge is 0.495 e. The summed E-state index contributed by atoms with van der Waals surface area (Å²) in [6.07, 6.45) is -3.75. The van der Waals surface area contributed by atoms with Crippen LogP contribution < -0.4 is 15.4 Å². The smallest absolute Gasteiger partial charge is 0.418 e. The summed E-state index contributed by atoms with van der Waals surface area (Å²) in [5.41, 5.74) is -0.569. The van der Waals surface area contributed by atoms with E-state index in [4.69, 9.17) is 9.47 Å². The van der Waals surface area contributed by atoms with Crippen LogP contribution in [0.1, 0.15) is 5.56 Å². The van der Waals surface area contributed by atoms with Gasteiger partial charge in [-0.1, -0.05) is 0 Å². The van der Waals surface area contributed by atoms with Gasteiger partial charge in [-0.2, -0.15) is 27.4 Å². The molecule has 10 nitrogen and oxygen atoms in total. The third-order valence-corrected chi connectivity index (χ3v) is 7.00. The van der Waals surface area contributed by atoms with Crippen LogP contribution in [0.5, 0.6) is 5.75 Å². The summed E-state index contributed by atoms with van der Waals surface area (Å²) >= 11 is 0. The molecule has 0 amide bonds. The third kappa shape index (κ3) is 4.41. The number of anilines is 3. The molecule has 1 aliphatic heterocycles. The van der Waals surface area contributed by atoms with Crippen LogP contribution in [0.3, 0.4) is 0 Å². The van der Waals surface area contributed by atoms with Gasteiger partial charge in [0, 0.05) is 32.4 Å². The normalized spacial score (nSPS) is 15.5. The van der Waals surface area contributed by atoms with Gasteiger partial charge in [0.1, 0.15) is 17.2 Å². The lowest BCUT2D eigenvalue weighted by molar-refractivity contribution is -0.136. The van der Waals surface area contributed by atoms with Gasteiger partial charge in [0.2, 0.25) is 16.0 Å². The van der Waals surface area contributed by atoms with Gasteiger partial charge in [0.05, 0.1) is 41.9 Å². The topological polar surface area (TPSA) is 121 Å². The zero-order valence-electron chi connectivity index (χ0n) is 17.7. The Hall–Kier alpha value is -3.10. The van der Waals surface area contributed by atoms with Crippen LogP contribution in [0.15, 0.2) is 29.3 Å². The van der Waals surface area contributed by atoms with Crippen molar-refractivity contribution in [2.45, 2.75) is 11.1 Å². The molecule has 178 valence electrons. The molecule has 33 heavy (non-hydrogen) atoms. The molecule has 3 aromatic rings. The number of aromatic nitrogens is 3. The molecule has 2 aromatic heterocycles. The van der Waals surface area contributed by atoms with Crippen LogP contribution >= 0.6 is 0 Å². The second-order valence-corrected chi connectivity index (χ2v) is 9.01. The van der Waals surface area contributed by atoms with Crippen LogP contribution in [0.4, 0.5) is 30.6 Å². The van der Waals surface area contributed by atoms with E-state index in [1.54, 1.807) is 0 Å². The lowest BCUT2D eigenvalue weighted by Crippen LogP contribution is -2.40. The molecule has 3 heterocycles. The van der Waals surface area contributed by atoms with E-state index < -0.39 is 21.8 Å². The SMILES string of the molecule is CNc1nc(Nc2ccc(S(=O)(=O)N3CCOCC3)cc2OC)nc2[nH]cc(C(F)(F)F)c12. The van der Waals surface area contributed by atoms with Gasteiger partial charge in [-0.15, -0.1) is 0 Å². The number of alkyl halides is 3. The molecule has 3 N–H and O–H groups in total. The Morgan fingerprint density at radius 3 is 2.58 bits per heavy atom. The summed E-state index contributed by atoms with van der Waals surface area (Å²) in [7, 11) is -0.923. The first kappa shape index (κ1) is 23.1. The molecule has 0 spiro atoms. The number of aromatic amines is 1. The van der Waals surface area contributed by atoms with Crippen LogP contribution in [0.2, 0.25) is 0 Å². The second-order valence-electron chi connectivity index (χ2n) is 7.07. The Bertz CT molecular complexity index is 1270. The van der Waals surface area contributed by atoms with E-state index in [1.165, 1.54) is 36.7 Å². The summed E-state index contributed by atoms with van der Waals surface area (Å²) in [5, 5.41) is 5.35. The van der Waals surface area contributed by atoms with E-state index in [9.17, 15) is 21.6 Å². The van der Waals surface area contributed by atoms with Gasteiger partial charge in [0.15, 0.2) is 0 Å². The molecular weight excluding hydrogens is 465 g/mol. The lowest BCUT2D eigenvalue weighted by Gasteiger charge is -2.26. The van der Waals surface area contributed by atoms with Gasteiger partial charge in [-0.25, -0.2) is 8.42 Å². The fourth-order valence-electron chi connectivity index (χ4n) is 3.49. The Labute approximate surface area is 187 Å². The number of sulfonamides is 1. The average Bonchev–Trinajstić information content (AvgIpc) is 3.24. The minimum Gasteiger partial charge on any atom is -0.495 e. The highest BCUT2D eigenvalue weighted by atomic mass is 32.2. The summed E-state index contributed by atoms with van der Waals surface area (Å²) in [6.45, 7) is 1.14. The number of hydrogen-bond acceptors (Lipinski definition) is 8. The van der Waals surface area contributed by atoms with Crippen molar-refractivity contribution in [1.82, 2.24) is 19.3 Å². The summed E-state index contributed by atoms with van der Waals surface area (Å²) in [5.74, 6) is 0.160. The second kappa shape index (κ2) is 8.68. The van der Waals surface area contributed by atoms with E-state index in [-0.39, 0.29) is 46.5 Å². The first-order valence-electron chi connectivity index (χ1n) is 9.82. The molecule has 0 aliphatic carbocycles. The number of methoxy groups -OCH3 is 1. The van der Waals surface area contributed by atoms with Gasteiger partial charge in [-0.3, -0.25) is 0 Å². The number of hydrogen-bond donors (Lipinski definition) is 3. The first-order chi connectivity index (χ1) is 15.6. The van der Waals surface area contributed by atoms with Crippen molar-refractivity contribution >= 4 is 38.5 Å². The molecule has 0 bridgehead atoms. The Kier molecular flexibility index (Phi) is 6.07. The van der Waals surface area contributed by atoms with E-state index in [0.717, 1.165) is 6.20 Å². The number of nitrogens with one attached hydrogen (secondary N) is 3. The number of morpholine rings is 1. The number of H-pyrrole nitrogens is 1. The van der Waals surface area contributed by atoms with Crippen molar-refractivity contribution in [3.63, 3.8) is 0 Å². The molecule has 0 saturated carbocycles. The predicted molar refractivity (Wildman–Crippen MR) is 114 cm³/mol. The fourth-order valence-corrected chi connectivity index (χ4v) is 4.91. The summed E-state index contributed by atoms with van der Waals surface area (Å²) in [6, 6.07) is 4.25. The molecular formula is C19H21F3N6O4S. The third-order valence-electron chi connectivity index (χ3n) is 5.10. The number of ether oxygens (including phenoxy) is 2. The minimum atomic E-state index is -4.58. The number of benzene rings is 1. The van der Waals surface area contributed by atoms with Crippen molar-refractivity contribution in [2.24, 2.45) is 0 Å². The van der Waals surface area contributed by atoms with Crippen LogP contribution in [-0.4, -0.2) is 68.1 Å². The van der Waals surface area contributed by atoms with Crippen molar-refractivity contribution < 1.29 is 31.1 Å². The molecule has 1 aliphatic rings. The zero-order chi connectivity index (χ0) is 23.8. The van der Waals surface area contributed by atoms with Crippen molar-refractivity contribution in [3.05, 3.63) is 30.0 Å². The van der Waals surface area contributed by atoms with Crippen LogP contribution in [0, 0.1) is 0 Å². The summed E-state index contributed by atoms with van der Waals surface area (Å²) in [4.78, 5) is 10.8. The quantitative estimate of drug-likeness (QED) is 0.486. The van der Waals surface area contributed by atoms with Crippen molar-refractivity contribution in [2.75, 3.05) is 51.1 Å². The maximum absolute atomic E-state index is 13.3. The Balaban J connectivity index is 1.68. The monoisotopic (exact) mass is 486 g/mol. The van der Waals surface area contributed by atoms with E-state index in [0.29, 0.717) is 18.9 Å². The zero-order valence-corrected chi connectivity index (χ0v) is 18.5. The molecule has 1 saturated heterocycles. The molecule has 0 atom stereocenters.